The van der Waals surface area contributed by atoms with Crippen molar-refractivity contribution in [3.63, 3.8) is 0 Å². The second-order valence-corrected chi connectivity index (χ2v) is 7.41. The zero-order chi connectivity index (χ0) is 20.9. The van der Waals surface area contributed by atoms with Gasteiger partial charge in [0.25, 0.3) is 0 Å². The van der Waals surface area contributed by atoms with Crippen LogP contribution in [0.2, 0.25) is 0 Å². The van der Waals surface area contributed by atoms with E-state index < -0.39 is 0 Å². The second-order valence-electron chi connectivity index (χ2n) is 7.41. The summed E-state index contributed by atoms with van der Waals surface area (Å²) in [5, 5.41) is 6.38. The number of hydrogen-bond acceptors (Lipinski definition) is 3. The molecule has 3 aromatic rings. The number of ether oxygens (including phenoxy) is 1. The van der Waals surface area contributed by atoms with Crippen molar-refractivity contribution in [2.24, 2.45) is 0 Å². The lowest BCUT2D eigenvalue weighted by atomic mass is 10.0. The van der Waals surface area contributed by atoms with Gasteiger partial charge < -0.3 is 20.3 Å². The smallest absolute Gasteiger partial charge is 0.321 e. The Bertz CT molecular complexity index is 972. The molecule has 6 heteroatoms. The van der Waals surface area contributed by atoms with Crippen LogP contribution in [0.5, 0.6) is 11.5 Å². The van der Waals surface area contributed by atoms with E-state index in [1.807, 2.05) is 61.5 Å². The molecule has 0 aliphatic carbocycles. The third kappa shape index (κ3) is 4.96. The van der Waals surface area contributed by atoms with Gasteiger partial charge in [0.15, 0.2) is 0 Å². The van der Waals surface area contributed by atoms with E-state index in [2.05, 4.69) is 10.6 Å². The summed E-state index contributed by atoms with van der Waals surface area (Å²) in [5.41, 5.74) is 1.74. The number of nitrogens with zero attached hydrogens (tertiary/aromatic N) is 1. The monoisotopic (exact) mass is 405 g/mol. The van der Waals surface area contributed by atoms with E-state index in [1.165, 1.54) is 12.1 Å². The maximum absolute atomic E-state index is 13.1. The SMILES string of the molecule is CC(NC1CN(C(=O)Nc2ccc(Oc3ccccc3)cc2)C1)c1ccc(F)cc1. The van der Waals surface area contributed by atoms with E-state index in [4.69, 9.17) is 4.74 Å². The third-order valence-corrected chi connectivity index (χ3v) is 5.11. The topological polar surface area (TPSA) is 53.6 Å². The maximum atomic E-state index is 13.1. The number of carbonyl (C=O) groups is 1. The zero-order valence-electron chi connectivity index (χ0n) is 16.7. The fourth-order valence-corrected chi connectivity index (χ4v) is 3.38. The molecular weight excluding hydrogens is 381 g/mol. The minimum Gasteiger partial charge on any atom is -0.457 e. The van der Waals surface area contributed by atoms with Gasteiger partial charge in [0, 0.05) is 30.9 Å². The first-order valence-corrected chi connectivity index (χ1v) is 9.97. The quantitative estimate of drug-likeness (QED) is 0.594. The van der Waals surface area contributed by atoms with Gasteiger partial charge in [0.05, 0.1) is 0 Å². The molecule has 0 radical (unpaired) electrons. The van der Waals surface area contributed by atoms with Crippen LogP contribution >= 0.6 is 0 Å². The molecule has 2 N–H and O–H groups in total. The number of likely N-dealkylation sites (tertiary alicyclic amines) is 1. The summed E-state index contributed by atoms with van der Waals surface area (Å²) >= 11 is 0. The molecule has 154 valence electrons. The first-order valence-electron chi connectivity index (χ1n) is 9.97. The first kappa shape index (κ1) is 19.9. The number of benzene rings is 3. The highest BCUT2D eigenvalue weighted by Crippen LogP contribution is 2.23. The average molecular weight is 405 g/mol. The number of halogens is 1. The van der Waals surface area contributed by atoms with Crippen molar-refractivity contribution in [3.05, 3.63) is 90.2 Å². The Hall–Kier alpha value is -3.38. The largest absolute Gasteiger partial charge is 0.457 e. The van der Waals surface area contributed by atoms with Crippen molar-refractivity contribution in [3.8, 4) is 11.5 Å². The highest BCUT2D eigenvalue weighted by molar-refractivity contribution is 5.90. The third-order valence-electron chi connectivity index (χ3n) is 5.11. The Balaban J connectivity index is 1.23. The minimum atomic E-state index is -0.239. The van der Waals surface area contributed by atoms with E-state index >= 15 is 0 Å². The van der Waals surface area contributed by atoms with E-state index in [9.17, 15) is 9.18 Å². The fraction of sp³-hybridized carbons (Fsp3) is 0.208. The summed E-state index contributed by atoms with van der Waals surface area (Å²) in [6.07, 6.45) is 0. The number of nitrogens with one attached hydrogen (secondary N) is 2. The molecule has 0 saturated carbocycles. The highest BCUT2D eigenvalue weighted by atomic mass is 19.1. The van der Waals surface area contributed by atoms with Gasteiger partial charge >= 0.3 is 6.03 Å². The van der Waals surface area contributed by atoms with Gasteiger partial charge in [0.1, 0.15) is 17.3 Å². The van der Waals surface area contributed by atoms with Gasteiger partial charge in [-0.1, -0.05) is 30.3 Å². The standard InChI is InChI=1S/C24H24FN3O2/c1-17(18-7-9-19(25)10-8-18)26-21-15-28(16-21)24(29)27-20-11-13-23(14-12-20)30-22-5-3-2-4-6-22/h2-14,17,21,26H,15-16H2,1H3,(H,27,29). The van der Waals surface area contributed by atoms with E-state index in [-0.39, 0.29) is 23.9 Å². The lowest BCUT2D eigenvalue weighted by molar-refractivity contribution is 0.143. The number of rotatable bonds is 6. The number of anilines is 1. The molecule has 1 fully saturated rings. The maximum Gasteiger partial charge on any atom is 0.321 e. The number of amides is 2. The summed E-state index contributed by atoms with van der Waals surface area (Å²) in [4.78, 5) is 14.2. The van der Waals surface area contributed by atoms with Gasteiger partial charge in [-0.15, -0.1) is 0 Å². The molecule has 1 aliphatic heterocycles. The molecule has 1 unspecified atom stereocenters. The van der Waals surface area contributed by atoms with Crippen LogP contribution < -0.4 is 15.4 Å². The van der Waals surface area contributed by atoms with Gasteiger partial charge in [-0.25, -0.2) is 9.18 Å². The molecule has 0 spiro atoms. The van der Waals surface area contributed by atoms with E-state index in [0.717, 1.165) is 17.0 Å². The molecule has 0 aromatic heterocycles. The number of hydrogen-bond donors (Lipinski definition) is 2. The summed E-state index contributed by atoms with van der Waals surface area (Å²) in [6, 6.07) is 23.5. The van der Waals surface area contributed by atoms with Crippen molar-refractivity contribution < 1.29 is 13.9 Å². The molecular formula is C24H24FN3O2. The molecule has 30 heavy (non-hydrogen) atoms. The Morgan fingerprint density at radius 2 is 1.60 bits per heavy atom. The van der Waals surface area contributed by atoms with Crippen LogP contribution in [-0.2, 0) is 0 Å². The van der Waals surface area contributed by atoms with Crippen molar-refractivity contribution in [1.29, 1.82) is 0 Å². The Morgan fingerprint density at radius 1 is 0.967 bits per heavy atom. The molecule has 5 nitrogen and oxygen atoms in total. The van der Waals surface area contributed by atoms with Crippen LogP contribution in [-0.4, -0.2) is 30.1 Å². The highest BCUT2D eigenvalue weighted by Gasteiger charge is 2.31. The van der Waals surface area contributed by atoms with Crippen LogP contribution in [0.15, 0.2) is 78.9 Å². The van der Waals surface area contributed by atoms with Crippen LogP contribution in [0.4, 0.5) is 14.9 Å². The van der Waals surface area contributed by atoms with Gasteiger partial charge in [-0.2, -0.15) is 0 Å². The number of carbonyl (C=O) groups excluding carboxylic acids is 1. The second kappa shape index (κ2) is 8.97. The normalized spacial score (nSPS) is 14.7. The van der Waals surface area contributed by atoms with Crippen molar-refractivity contribution in [2.45, 2.75) is 19.0 Å². The van der Waals surface area contributed by atoms with Gasteiger partial charge in [-0.3, -0.25) is 0 Å². The van der Waals surface area contributed by atoms with E-state index in [1.54, 1.807) is 17.0 Å². The van der Waals surface area contributed by atoms with Crippen LogP contribution in [0.3, 0.4) is 0 Å². The molecule has 0 bridgehead atoms. The van der Waals surface area contributed by atoms with Crippen molar-refractivity contribution in [1.82, 2.24) is 10.2 Å². The predicted molar refractivity (Wildman–Crippen MR) is 115 cm³/mol. The Kier molecular flexibility index (Phi) is 5.95. The lowest BCUT2D eigenvalue weighted by Gasteiger charge is -2.41. The zero-order valence-corrected chi connectivity index (χ0v) is 16.7. The molecule has 1 atom stereocenters. The molecule has 3 aromatic carbocycles. The minimum absolute atomic E-state index is 0.0953. The Morgan fingerprint density at radius 3 is 2.27 bits per heavy atom. The molecule has 4 rings (SSSR count). The average Bonchev–Trinajstić information content (AvgIpc) is 2.73. The van der Waals surface area contributed by atoms with Crippen LogP contribution in [0.25, 0.3) is 0 Å². The number of para-hydroxylation sites is 1. The molecule has 1 aliphatic rings. The Labute approximate surface area is 175 Å². The summed E-state index contributed by atoms with van der Waals surface area (Å²) in [7, 11) is 0. The predicted octanol–water partition coefficient (Wildman–Crippen LogP) is 5.18. The van der Waals surface area contributed by atoms with Crippen molar-refractivity contribution >= 4 is 11.7 Å². The van der Waals surface area contributed by atoms with Gasteiger partial charge in [-0.05, 0) is 61.0 Å². The fourth-order valence-electron chi connectivity index (χ4n) is 3.38. The first-order chi connectivity index (χ1) is 14.6. The van der Waals surface area contributed by atoms with Crippen molar-refractivity contribution in [2.75, 3.05) is 18.4 Å². The summed E-state index contributed by atoms with van der Waals surface area (Å²) < 4.78 is 18.8. The molecule has 1 saturated heterocycles. The van der Waals surface area contributed by atoms with Gasteiger partial charge in [0.2, 0.25) is 0 Å². The summed E-state index contributed by atoms with van der Waals surface area (Å²) in [6.45, 7) is 3.30. The van der Waals surface area contributed by atoms with Crippen LogP contribution in [0.1, 0.15) is 18.5 Å². The molecule has 1 heterocycles. The number of urea groups is 1. The van der Waals surface area contributed by atoms with E-state index in [0.29, 0.717) is 18.8 Å². The molecule has 2 amide bonds. The summed E-state index contributed by atoms with van der Waals surface area (Å²) in [5.74, 6) is 1.24. The van der Waals surface area contributed by atoms with Crippen LogP contribution in [0, 0.1) is 5.82 Å². The lowest BCUT2D eigenvalue weighted by Crippen LogP contribution is -2.61.